The van der Waals surface area contributed by atoms with Crippen LogP contribution in [-0.4, -0.2) is 34.0 Å². The number of rotatable bonds is 4. The molecule has 1 aliphatic heterocycles. The molecule has 0 amide bonds. The van der Waals surface area contributed by atoms with Gasteiger partial charge in [-0.3, -0.25) is 4.90 Å². The summed E-state index contributed by atoms with van der Waals surface area (Å²) < 4.78 is 0. The summed E-state index contributed by atoms with van der Waals surface area (Å²) in [6, 6.07) is 5.60. The summed E-state index contributed by atoms with van der Waals surface area (Å²) in [6.45, 7) is 4.82. The number of carboxylic acid groups (broad SMARTS) is 1. The average molecular weight is 302 g/mol. The molecule has 0 bridgehead atoms. The summed E-state index contributed by atoms with van der Waals surface area (Å²) >= 11 is 1.71. The zero-order valence-corrected chi connectivity index (χ0v) is 12.8. The minimum absolute atomic E-state index is 0.463. The van der Waals surface area contributed by atoms with Crippen LogP contribution in [0.2, 0.25) is 0 Å². The van der Waals surface area contributed by atoms with Crippen LogP contribution in [0.15, 0.2) is 23.7 Å². The molecule has 0 atom stereocenters. The highest BCUT2D eigenvalue weighted by atomic mass is 32.1. The maximum Gasteiger partial charge on any atom is 0.335 e. The molecular formula is C16H18N2O2S. The summed E-state index contributed by atoms with van der Waals surface area (Å²) in [4.78, 5) is 19.3. The molecule has 0 saturated carbocycles. The fourth-order valence-electron chi connectivity index (χ4n) is 2.88. The van der Waals surface area contributed by atoms with Gasteiger partial charge in [0.15, 0.2) is 0 Å². The quantitative estimate of drug-likeness (QED) is 0.943. The van der Waals surface area contributed by atoms with Crippen molar-refractivity contribution < 1.29 is 9.90 Å². The number of aromatic nitrogens is 1. The van der Waals surface area contributed by atoms with Crippen LogP contribution in [0.5, 0.6) is 0 Å². The minimum atomic E-state index is -0.819. The van der Waals surface area contributed by atoms with E-state index in [4.69, 9.17) is 0 Å². The van der Waals surface area contributed by atoms with Gasteiger partial charge in [-0.2, -0.15) is 0 Å². The zero-order chi connectivity index (χ0) is 14.8. The molecule has 21 heavy (non-hydrogen) atoms. The largest absolute Gasteiger partial charge is 0.478 e. The molecule has 2 heterocycles. The fourth-order valence-corrected chi connectivity index (χ4v) is 3.66. The number of hydrogen-bond acceptors (Lipinski definition) is 4. The number of aryl methyl sites for hydroxylation is 1. The highest BCUT2D eigenvalue weighted by Crippen LogP contribution is 2.23. The monoisotopic (exact) mass is 302 g/mol. The number of thiazole rings is 1. The Balaban J connectivity index is 1.69. The highest BCUT2D eigenvalue weighted by Gasteiger charge is 2.21. The molecule has 1 aromatic carbocycles. The molecule has 0 aliphatic carbocycles. The van der Waals surface area contributed by atoms with Gasteiger partial charge < -0.3 is 5.11 Å². The van der Waals surface area contributed by atoms with Crippen LogP contribution >= 0.6 is 11.3 Å². The number of carbonyl (C=O) groups is 1. The normalized spacial score (nSPS) is 14.9. The SMILES string of the molecule is Cc1ncsc1CCN1CCc2c(cccc2C(=O)O)C1. The first kappa shape index (κ1) is 14.2. The molecule has 2 aromatic rings. The lowest BCUT2D eigenvalue weighted by Gasteiger charge is -2.29. The first-order valence-corrected chi connectivity index (χ1v) is 7.98. The smallest absolute Gasteiger partial charge is 0.335 e. The summed E-state index contributed by atoms with van der Waals surface area (Å²) in [5, 5.41) is 9.25. The van der Waals surface area contributed by atoms with E-state index in [9.17, 15) is 9.90 Å². The molecule has 1 N–H and O–H groups in total. The Hall–Kier alpha value is -1.72. The molecule has 3 rings (SSSR count). The second kappa shape index (κ2) is 5.95. The molecule has 0 spiro atoms. The van der Waals surface area contributed by atoms with Crippen molar-refractivity contribution in [3.63, 3.8) is 0 Å². The Morgan fingerprint density at radius 1 is 1.48 bits per heavy atom. The van der Waals surface area contributed by atoms with Crippen molar-refractivity contribution in [3.8, 4) is 0 Å². The van der Waals surface area contributed by atoms with E-state index in [1.807, 2.05) is 17.6 Å². The average Bonchev–Trinajstić information content (AvgIpc) is 2.89. The number of fused-ring (bicyclic) bond motifs is 1. The van der Waals surface area contributed by atoms with E-state index in [1.54, 1.807) is 17.4 Å². The third-order valence-corrected chi connectivity index (χ3v) is 5.07. The molecule has 0 saturated heterocycles. The predicted octanol–water partition coefficient (Wildman–Crippen LogP) is 2.75. The molecule has 0 unspecified atom stereocenters. The second-order valence-electron chi connectivity index (χ2n) is 5.39. The van der Waals surface area contributed by atoms with E-state index in [1.165, 1.54) is 4.88 Å². The van der Waals surface area contributed by atoms with E-state index in [0.717, 1.165) is 49.3 Å². The maximum absolute atomic E-state index is 11.3. The van der Waals surface area contributed by atoms with E-state index in [2.05, 4.69) is 16.8 Å². The number of benzene rings is 1. The standard InChI is InChI=1S/C16H18N2O2S/c1-11-15(21-10-17-11)6-8-18-7-5-13-12(9-18)3-2-4-14(13)16(19)20/h2-4,10H,5-9H2,1H3,(H,19,20). The lowest BCUT2D eigenvalue weighted by Crippen LogP contribution is -2.33. The van der Waals surface area contributed by atoms with Gasteiger partial charge in [0.05, 0.1) is 16.8 Å². The van der Waals surface area contributed by atoms with Gasteiger partial charge in [0.25, 0.3) is 0 Å². The highest BCUT2D eigenvalue weighted by molar-refractivity contribution is 7.09. The topological polar surface area (TPSA) is 53.4 Å². The van der Waals surface area contributed by atoms with Crippen LogP contribution < -0.4 is 0 Å². The fraction of sp³-hybridized carbons (Fsp3) is 0.375. The van der Waals surface area contributed by atoms with Gasteiger partial charge in [-0.05, 0) is 37.0 Å². The molecule has 1 aliphatic rings. The first-order valence-electron chi connectivity index (χ1n) is 7.10. The minimum Gasteiger partial charge on any atom is -0.478 e. The van der Waals surface area contributed by atoms with Gasteiger partial charge in [0, 0.05) is 24.5 Å². The van der Waals surface area contributed by atoms with Crippen LogP contribution in [-0.2, 0) is 19.4 Å². The van der Waals surface area contributed by atoms with E-state index >= 15 is 0 Å². The number of hydrogen-bond donors (Lipinski definition) is 1. The van der Waals surface area contributed by atoms with Crippen LogP contribution in [0.1, 0.15) is 32.1 Å². The molecule has 110 valence electrons. The Labute approximate surface area is 128 Å². The third kappa shape index (κ3) is 2.99. The van der Waals surface area contributed by atoms with E-state index in [0.29, 0.717) is 5.56 Å². The number of carboxylic acids is 1. The van der Waals surface area contributed by atoms with Gasteiger partial charge in [0.1, 0.15) is 0 Å². The Morgan fingerprint density at radius 2 is 2.33 bits per heavy atom. The summed E-state index contributed by atoms with van der Waals surface area (Å²) in [7, 11) is 0. The molecule has 0 fully saturated rings. The third-order valence-electron chi connectivity index (χ3n) is 4.08. The van der Waals surface area contributed by atoms with Crippen molar-refractivity contribution in [2.75, 3.05) is 13.1 Å². The van der Waals surface area contributed by atoms with Gasteiger partial charge in [0.2, 0.25) is 0 Å². The van der Waals surface area contributed by atoms with Crippen molar-refractivity contribution >= 4 is 17.3 Å². The Bertz CT molecular complexity index is 666. The Kier molecular flexibility index (Phi) is 4.03. The van der Waals surface area contributed by atoms with Crippen LogP contribution in [0.4, 0.5) is 0 Å². The molecule has 1 aromatic heterocycles. The maximum atomic E-state index is 11.3. The number of aromatic carboxylic acids is 1. The van der Waals surface area contributed by atoms with E-state index in [-0.39, 0.29) is 0 Å². The lowest BCUT2D eigenvalue weighted by atomic mass is 9.94. The predicted molar refractivity (Wildman–Crippen MR) is 82.9 cm³/mol. The number of nitrogens with zero attached hydrogens (tertiary/aromatic N) is 2. The summed E-state index contributed by atoms with van der Waals surface area (Å²) in [5.74, 6) is -0.819. The van der Waals surface area contributed by atoms with Gasteiger partial charge in [-0.1, -0.05) is 12.1 Å². The van der Waals surface area contributed by atoms with Gasteiger partial charge in [-0.25, -0.2) is 9.78 Å². The second-order valence-corrected chi connectivity index (χ2v) is 6.32. The van der Waals surface area contributed by atoms with Crippen molar-refractivity contribution in [1.29, 1.82) is 0 Å². The van der Waals surface area contributed by atoms with Crippen molar-refractivity contribution in [2.24, 2.45) is 0 Å². The van der Waals surface area contributed by atoms with Crippen molar-refractivity contribution in [2.45, 2.75) is 26.3 Å². The van der Waals surface area contributed by atoms with Gasteiger partial charge >= 0.3 is 5.97 Å². The van der Waals surface area contributed by atoms with Crippen LogP contribution in [0, 0.1) is 6.92 Å². The molecule has 5 heteroatoms. The molecular weight excluding hydrogens is 284 g/mol. The lowest BCUT2D eigenvalue weighted by molar-refractivity contribution is 0.0694. The van der Waals surface area contributed by atoms with Crippen molar-refractivity contribution in [1.82, 2.24) is 9.88 Å². The zero-order valence-electron chi connectivity index (χ0n) is 12.0. The van der Waals surface area contributed by atoms with E-state index < -0.39 is 5.97 Å². The molecule has 0 radical (unpaired) electrons. The molecule has 4 nitrogen and oxygen atoms in total. The summed E-state index contributed by atoms with van der Waals surface area (Å²) in [6.07, 6.45) is 1.84. The van der Waals surface area contributed by atoms with Crippen molar-refractivity contribution in [3.05, 3.63) is 51.0 Å². The first-order chi connectivity index (χ1) is 10.1. The van der Waals surface area contributed by atoms with Crippen LogP contribution in [0.3, 0.4) is 0 Å². The van der Waals surface area contributed by atoms with Gasteiger partial charge in [-0.15, -0.1) is 11.3 Å². The summed E-state index contributed by atoms with van der Waals surface area (Å²) in [5.41, 5.74) is 5.66. The Morgan fingerprint density at radius 3 is 3.05 bits per heavy atom. The van der Waals surface area contributed by atoms with Crippen LogP contribution in [0.25, 0.3) is 0 Å².